The van der Waals surface area contributed by atoms with Crippen molar-refractivity contribution in [3.05, 3.63) is 35.6 Å². The van der Waals surface area contributed by atoms with E-state index in [1.54, 1.807) is 6.07 Å². The Kier molecular flexibility index (Phi) is 7.00. The van der Waals surface area contributed by atoms with Crippen LogP contribution in [0.3, 0.4) is 0 Å². The van der Waals surface area contributed by atoms with Gasteiger partial charge in [-0.05, 0) is 56.5 Å². The number of halogens is 1. The van der Waals surface area contributed by atoms with Gasteiger partial charge in [-0.25, -0.2) is 4.39 Å². The van der Waals surface area contributed by atoms with Gasteiger partial charge in [0.15, 0.2) is 0 Å². The SMILES string of the molecule is O=C(CCC1CCNC1)NCCCNC(=O)c1cccc(F)c1. The summed E-state index contributed by atoms with van der Waals surface area (Å²) in [6.07, 6.45) is 3.29. The molecule has 2 amide bonds. The quantitative estimate of drug-likeness (QED) is 0.635. The van der Waals surface area contributed by atoms with Gasteiger partial charge in [-0.1, -0.05) is 6.07 Å². The van der Waals surface area contributed by atoms with Crippen LogP contribution >= 0.6 is 0 Å². The van der Waals surface area contributed by atoms with Crippen LogP contribution in [0.1, 0.15) is 36.0 Å². The van der Waals surface area contributed by atoms with E-state index in [-0.39, 0.29) is 11.8 Å². The van der Waals surface area contributed by atoms with Crippen molar-refractivity contribution in [1.82, 2.24) is 16.0 Å². The average Bonchev–Trinajstić information content (AvgIpc) is 3.06. The van der Waals surface area contributed by atoms with Crippen LogP contribution in [0.2, 0.25) is 0 Å². The fraction of sp³-hybridized carbons (Fsp3) is 0.529. The largest absolute Gasteiger partial charge is 0.356 e. The Morgan fingerprint density at radius 1 is 1.26 bits per heavy atom. The van der Waals surface area contributed by atoms with Gasteiger partial charge in [0.1, 0.15) is 5.82 Å². The summed E-state index contributed by atoms with van der Waals surface area (Å²) in [5.74, 6) is -0.0494. The molecule has 0 aliphatic carbocycles. The molecule has 3 N–H and O–H groups in total. The van der Waals surface area contributed by atoms with Crippen LogP contribution < -0.4 is 16.0 Å². The predicted octanol–water partition coefficient (Wildman–Crippen LogP) is 1.45. The molecular formula is C17H24FN3O2. The number of hydrogen-bond donors (Lipinski definition) is 3. The third-order valence-corrected chi connectivity index (χ3v) is 3.99. The lowest BCUT2D eigenvalue weighted by atomic mass is 10.0. The second kappa shape index (κ2) is 9.25. The first-order valence-electron chi connectivity index (χ1n) is 8.16. The molecule has 0 radical (unpaired) electrons. The Labute approximate surface area is 136 Å². The van der Waals surface area contributed by atoms with Crippen LogP contribution in [-0.4, -0.2) is 38.0 Å². The molecular weight excluding hydrogens is 297 g/mol. The van der Waals surface area contributed by atoms with E-state index in [0.717, 1.165) is 25.9 Å². The highest BCUT2D eigenvalue weighted by Gasteiger charge is 2.15. The van der Waals surface area contributed by atoms with E-state index in [9.17, 15) is 14.0 Å². The number of carbonyl (C=O) groups is 2. The highest BCUT2D eigenvalue weighted by Crippen LogP contribution is 2.13. The van der Waals surface area contributed by atoms with Gasteiger partial charge in [-0.3, -0.25) is 9.59 Å². The third kappa shape index (κ3) is 6.36. The molecule has 0 saturated carbocycles. The van der Waals surface area contributed by atoms with Crippen molar-refractivity contribution >= 4 is 11.8 Å². The minimum atomic E-state index is -0.428. The third-order valence-electron chi connectivity index (χ3n) is 3.99. The summed E-state index contributed by atoms with van der Waals surface area (Å²) in [4.78, 5) is 23.5. The van der Waals surface area contributed by atoms with Crippen molar-refractivity contribution in [2.24, 2.45) is 5.92 Å². The van der Waals surface area contributed by atoms with E-state index in [1.807, 2.05) is 0 Å². The van der Waals surface area contributed by atoms with Crippen molar-refractivity contribution in [3.8, 4) is 0 Å². The fourth-order valence-electron chi connectivity index (χ4n) is 2.63. The first kappa shape index (κ1) is 17.4. The molecule has 1 aromatic carbocycles. The smallest absolute Gasteiger partial charge is 0.251 e. The van der Waals surface area contributed by atoms with Gasteiger partial charge < -0.3 is 16.0 Å². The molecule has 1 aliphatic heterocycles. The lowest BCUT2D eigenvalue weighted by Crippen LogP contribution is -2.30. The van der Waals surface area contributed by atoms with Crippen LogP contribution in [-0.2, 0) is 4.79 Å². The van der Waals surface area contributed by atoms with Crippen LogP contribution in [0, 0.1) is 11.7 Å². The van der Waals surface area contributed by atoms with Crippen molar-refractivity contribution in [2.75, 3.05) is 26.2 Å². The number of hydrogen-bond acceptors (Lipinski definition) is 3. The molecule has 6 heteroatoms. The first-order valence-corrected chi connectivity index (χ1v) is 8.16. The molecule has 0 spiro atoms. The zero-order valence-corrected chi connectivity index (χ0v) is 13.2. The number of benzene rings is 1. The van der Waals surface area contributed by atoms with E-state index in [0.29, 0.717) is 37.4 Å². The van der Waals surface area contributed by atoms with E-state index in [1.165, 1.54) is 18.2 Å². The second-order valence-electron chi connectivity index (χ2n) is 5.87. The minimum Gasteiger partial charge on any atom is -0.356 e. The normalized spacial score (nSPS) is 17.0. The lowest BCUT2D eigenvalue weighted by molar-refractivity contribution is -0.121. The number of nitrogens with one attached hydrogen (secondary N) is 3. The Balaban J connectivity index is 1.53. The van der Waals surface area contributed by atoms with E-state index in [4.69, 9.17) is 0 Å². The van der Waals surface area contributed by atoms with Gasteiger partial charge >= 0.3 is 0 Å². The Hall–Kier alpha value is -1.95. The molecule has 0 aromatic heterocycles. The van der Waals surface area contributed by atoms with Gasteiger partial charge in [-0.2, -0.15) is 0 Å². The summed E-state index contributed by atoms with van der Waals surface area (Å²) < 4.78 is 13.0. The van der Waals surface area contributed by atoms with Crippen molar-refractivity contribution in [3.63, 3.8) is 0 Å². The summed E-state index contributed by atoms with van der Waals surface area (Å²) in [6, 6.07) is 5.57. The maximum atomic E-state index is 13.0. The molecule has 1 fully saturated rings. The van der Waals surface area contributed by atoms with Crippen molar-refractivity contribution in [1.29, 1.82) is 0 Å². The lowest BCUT2D eigenvalue weighted by Gasteiger charge is -2.09. The molecule has 0 bridgehead atoms. The number of carbonyl (C=O) groups excluding carboxylic acids is 2. The highest BCUT2D eigenvalue weighted by atomic mass is 19.1. The Morgan fingerprint density at radius 3 is 2.83 bits per heavy atom. The summed E-state index contributed by atoms with van der Waals surface area (Å²) in [5, 5.41) is 8.86. The van der Waals surface area contributed by atoms with Crippen LogP contribution in [0.15, 0.2) is 24.3 Å². The second-order valence-corrected chi connectivity index (χ2v) is 5.87. The number of rotatable bonds is 8. The molecule has 1 atom stereocenters. The van der Waals surface area contributed by atoms with Gasteiger partial charge in [0, 0.05) is 25.1 Å². The van der Waals surface area contributed by atoms with Gasteiger partial charge in [-0.15, -0.1) is 0 Å². The average molecular weight is 321 g/mol. The summed E-state index contributed by atoms with van der Waals surface area (Å²) >= 11 is 0. The molecule has 126 valence electrons. The van der Waals surface area contributed by atoms with Crippen LogP contribution in [0.25, 0.3) is 0 Å². The zero-order chi connectivity index (χ0) is 16.5. The first-order chi connectivity index (χ1) is 11.1. The monoisotopic (exact) mass is 321 g/mol. The molecule has 1 saturated heterocycles. The maximum absolute atomic E-state index is 13.0. The molecule has 1 aliphatic rings. The van der Waals surface area contributed by atoms with Gasteiger partial charge in [0.2, 0.25) is 5.91 Å². The Morgan fingerprint density at radius 2 is 2.09 bits per heavy atom. The van der Waals surface area contributed by atoms with E-state index in [2.05, 4.69) is 16.0 Å². The Bertz CT molecular complexity index is 530. The highest BCUT2D eigenvalue weighted by molar-refractivity contribution is 5.94. The maximum Gasteiger partial charge on any atom is 0.251 e. The van der Waals surface area contributed by atoms with Crippen LogP contribution in [0.4, 0.5) is 4.39 Å². The van der Waals surface area contributed by atoms with Crippen molar-refractivity contribution in [2.45, 2.75) is 25.7 Å². The summed E-state index contributed by atoms with van der Waals surface area (Å²) in [6.45, 7) is 3.05. The molecule has 1 heterocycles. The fourth-order valence-corrected chi connectivity index (χ4v) is 2.63. The predicted molar refractivity (Wildman–Crippen MR) is 86.6 cm³/mol. The summed E-state index contributed by atoms with van der Waals surface area (Å²) in [5.41, 5.74) is 0.305. The van der Waals surface area contributed by atoms with E-state index >= 15 is 0 Å². The molecule has 2 rings (SSSR count). The molecule has 23 heavy (non-hydrogen) atoms. The number of amides is 2. The standard InChI is InChI=1S/C17H24FN3O2/c18-15-4-1-3-14(11-15)17(23)21-9-2-8-20-16(22)6-5-13-7-10-19-12-13/h1,3-4,11,13,19H,2,5-10,12H2,(H,20,22)(H,21,23). The van der Waals surface area contributed by atoms with Gasteiger partial charge in [0.25, 0.3) is 5.91 Å². The zero-order valence-electron chi connectivity index (χ0n) is 13.2. The van der Waals surface area contributed by atoms with Crippen LogP contribution in [0.5, 0.6) is 0 Å². The van der Waals surface area contributed by atoms with E-state index < -0.39 is 5.82 Å². The molecule has 1 aromatic rings. The summed E-state index contributed by atoms with van der Waals surface area (Å²) in [7, 11) is 0. The van der Waals surface area contributed by atoms with Gasteiger partial charge in [0.05, 0.1) is 0 Å². The minimum absolute atomic E-state index is 0.0633. The van der Waals surface area contributed by atoms with Crippen molar-refractivity contribution < 1.29 is 14.0 Å². The topological polar surface area (TPSA) is 70.2 Å². The molecule has 5 nitrogen and oxygen atoms in total. The molecule has 1 unspecified atom stereocenters.